The summed E-state index contributed by atoms with van der Waals surface area (Å²) in [6.45, 7) is 5.46. The van der Waals surface area contributed by atoms with Crippen molar-refractivity contribution >= 4 is 33.0 Å². The van der Waals surface area contributed by atoms with Crippen molar-refractivity contribution in [2.75, 3.05) is 27.3 Å². The average molecular weight is 332 g/mol. The highest BCUT2D eigenvalue weighted by molar-refractivity contribution is 7.89. The van der Waals surface area contributed by atoms with Gasteiger partial charge >= 0.3 is 0 Å². The number of ether oxygens (including phenoxy) is 1. The Labute approximate surface area is 130 Å². The topological polar surface area (TPSA) is 63.7 Å². The number of methoxy groups -OCH3 is 1. The van der Waals surface area contributed by atoms with E-state index >= 15 is 0 Å². The van der Waals surface area contributed by atoms with Crippen molar-refractivity contribution in [3.63, 3.8) is 0 Å². The SMILES string of the molecule is C=C(C(C)=O)c1cccc(S(=O)(=O)N(C)CCOC)c1Cl. The molecular weight excluding hydrogens is 314 g/mol. The van der Waals surface area contributed by atoms with Crippen LogP contribution in [-0.2, 0) is 19.6 Å². The number of halogens is 1. The minimum Gasteiger partial charge on any atom is -0.383 e. The lowest BCUT2D eigenvalue weighted by atomic mass is 10.0. The van der Waals surface area contributed by atoms with Crippen molar-refractivity contribution in [1.82, 2.24) is 4.31 Å². The van der Waals surface area contributed by atoms with Crippen molar-refractivity contribution in [2.24, 2.45) is 0 Å². The Morgan fingerprint density at radius 3 is 2.57 bits per heavy atom. The molecule has 0 spiro atoms. The molecule has 0 aromatic heterocycles. The predicted molar refractivity (Wildman–Crippen MR) is 82.9 cm³/mol. The fourth-order valence-electron chi connectivity index (χ4n) is 1.64. The second-order valence-corrected chi connectivity index (χ2v) is 6.86. The maximum Gasteiger partial charge on any atom is 0.244 e. The van der Waals surface area contributed by atoms with Gasteiger partial charge in [0.05, 0.1) is 11.6 Å². The Kier molecular flexibility index (Phi) is 6.10. The fourth-order valence-corrected chi connectivity index (χ4v) is 3.41. The van der Waals surface area contributed by atoms with Gasteiger partial charge in [0.1, 0.15) is 4.90 Å². The first kappa shape index (κ1) is 17.8. The summed E-state index contributed by atoms with van der Waals surface area (Å²) in [7, 11) is -0.822. The summed E-state index contributed by atoms with van der Waals surface area (Å²) in [5.41, 5.74) is 0.502. The molecule has 0 unspecified atom stereocenters. The van der Waals surface area contributed by atoms with Crippen LogP contribution in [0.2, 0.25) is 5.02 Å². The van der Waals surface area contributed by atoms with Crippen LogP contribution in [-0.4, -0.2) is 45.8 Å². The Balaban J connectivity index is 3.29. The van der Waals surface area contributed by atoms with Crippen LogP contribution >= 0.6 is 11.6 Å². The van der Waals surface area contributed by atoms with E-state index in [4.69, 9.17) is 16.3 Å². The van der Waals surface area contributed by atoms with Crippen molar-refractivity contribution in [1.29, 1.82) is 0 Å². The molecule has 0 atom stereocenters. The monoisotopic (exact) mass is 331 g/mol. The van der Waals surface area contributed by atoms with E-state index in [0.29, 0.717) is 5.56 Å². The van der Waals surface area contributed by atoms with E-state index < -0.39 is 10.0 Å². The summed E-state index contributed by atoms with van der Waals surface area (Å²) in [4.78, 5) is 11.3. The van der Waals surface area contributed by atoms with Crippen molar-refractivity contribution in [2.45, 2.75) is 11.8 Å². The molecule has 7 heteroatoms. The van der Waals surface area contributed by atoms with Crippen molar-refractivity contribution in [3.8, 4) is 0 Å². The molecule has 0 aliphatic carbocycles. The van der Waals surface area contributed by atoms with Gasteiger partial charge in [0.25, 0.3) is 0 Å². The first-order chi connectivity index (χ1) is 9.73. The van der Waals surface area contributed by atoms with Gasteiger partial charge in [-0.15, -0.1) is 0 Å². The zero-order chi connectivity index (χ0) is 16.2. The molecule has 0 saturated heterocycles. The van der Waals surface area contributed by atoms with Crippen LogP contribution in [0.3, 0.4) is 0 Å². The normalized spacial score (nSPS) is 11.7. The molecule has 0 fully saturated rings. The zero-order valence-electron chi connectivity index (χ0n) is 12.2. The minimum atomic E-state index is -3.75. The smallest absolute Gasteiger partial charge is 0.244 e. The summed E-state index contributed by atoms with van der Waals surface area (Å²) in [6.07, 6.45) is 0. The first-order valence-corrected chi connectivity index (χ1v) is 7.99. The fraction of sp³-hybridized carbons (Fsp3) is 0.357. The van der Waals surface area contributed by atoms with Gasteiger partial charge in [-0.1, -0.05) is 30.3 Å². The van der Waals surface area contributed by atoms with Gasteiger partial charge in [-0.05, 0) is 13.0 Å². The molecular formula is C14H18ClNO4S. The third-order valence-electron chi connectivity index (χ3n) is 3.01. The number of rotatable bonds is 7. The minimum absolute atomic E-state index is 0.00182. The Hall–Kier alpha value is -1.21. The summed E-state index contributed by atoms with van der Waals surface area (Å²) < 4.78 is 31.0. The number of hydrogen-bond acceptors (Lipinski definition) is 4. The average Bonchev–Trinajstić information content (AvgIpc) is 2.43. The molecule has 0 aliphatic heterocycles. The van der Waals surface area contributed by atoms with Crippen LogP contribution in [0.1, 0.15) is 12.5 Å². The highest BCUT2D eigenvalue weighted by Crippen LogP contribution is 2.31. The molecule has 1 aromatic rings. The number of benzene rings is 1. The van der Waals surface area contributed by atoms with Gasteiger partial charge in [0.2, 0.25) is 10.0 Å². The Morgan fingerprint density at radius 2 is 2.05 bits per heavy atom. The molecule has 0 saturated carbocycles. The molecule has 116 valence electrons. The van der Waals surface area contributed by atoms with Crippen LogP contribution < -0.4 is 0 Å². The highest BCUT2D eigenvalue weighted by Gasteiger charge is 2.25. The Bertz CT molecular complexity index is 655. The molecule has 0 heterocycles. The summed E-state index contributed by atoms with van der Waals surface area (Å²) in [5, 5.41) is 0.00182. The van der Waals surface area contributed by atoms with Crippen LogP contribution in [0.5, 0.6) is 0 Å². The number of hydrogen-bond donors (Lipinski definition) is 0. The molecule has 0 N–H and O–H groups in total. The summed E-state index contributed by atoms with van der Waals surface area (Å²) in [5.74, 6) is -0.265. The van der Waals surface area contributed by atoms with Gasteiger partial charge < -0.3 is 4.74 Å². The summed E-state index contributed by atoms with van der Waals surface area (Å²) >= 11 is 6.16. The number of carbonyl (C=O) groups excluding carboxylic acids is 1. The van der Waals surface area contributed by atoms with E-state index in [-0.39, 0.29) is 34.4 Å². The van der Waals surface area contributed by atoms with Gasteiger partial charge in [0.15, 0.2) is 5.78 Å². The lowest BCUT2D eigenvalue weighted by Crippen LogP contribution is -2.30. The molecule has 1 aromatic carbocycles. The quantitative estimate of drug-likeness (QED) is 0.719. The van der Waals surface area contributed by atoms with E-state index in [1.807, 2.05) is 0 Å². The second kappa shape index (κ2) is 7.17. The second-order valence-electron chi connectivity index (χ2n) is 4.47. The van der Waals surface area contributed by atoms with E-state index in [1.54, 1.807) is 6.07 Å². The molecule has 0 aliphatic rings. The number of Topliss-reactive ketones (excluding diaryl/α,β-unsaturated/α-hetero) is 1. The molecule has 0 amide bonds. The van der Waals surface area contributed by atoms with E-state index in [2.05, 4.69) is 6.58 Å². The van der Waals surface area contributed by atoms with E-state index in [0.717, 1.165) is 4.31 Å². The molecule has 0 bridgehead atoms. The molecule has 1 rings (SSSR count). The van der Waals surface area contributed by atoms with Crippen LogP contribution in [0.25, 0.3) is 5.57 Å². The number of nitrogens with zero attached hydrogens (tertiary/aromatic N) is 1. The van der Waals surface area contributed by atoms with Gasteiger partial charge in [-0.3, -0.25) is 4.79 Å². The predicted octanol–water partition coefficient (Wildman–Crippen LogP) is 2.21. The first-order valence-electron chi connectivity index (χ1n) is 6.17. The molecule has 0 radical (unpaired) electrons. The number of allylic oxidation sites excluding steroid dienone is 1. The van der Waals surface area contributed by atoms with Gasteiger partial charge in [0, 0.05) is 31.8 Å². The van der Waals surface area contributed by atoms with Gasteiger partial charge in [-0.25, -0.2) is 8.42 Å². The number of carbonyl (C=O) groups is 1. The third kappa shape index (κ3) is 3.91. The summed E-state index contributed by atoms with van der Waals surface area (Å²) in [6, 6.07) is 4.50. The number of ketones is 1. The largest absolute Gasteiger partial charge is 0.383 e. The Morgan fingerprint density at radius 1 is 1.43 bits per heavy atom. The van der Waals surface area contributed by atoms with E-state index in [1.165, 1.54) is 33.2 Å². The third-order valence-corrected chi connectivity index (χ3v) is 5.43. The number of likely N-dealkylation sites (N-methyl/N-ethyl adjacent to an activating group) is 1. The number of sulfonamides is 1. The lowest BCUT2D eigenvalue weighted by molar-refractivity contribution is -0.111. The van der Waals surface area contributed by atoms with Crippen LogP contribution in [0.4, 0.5) is 0 Å². The lowest BCUT2D eigenvalue weighted by Gasteiger charge is -2.18. The molecule has 21 heavy (non-hydrogen) atoms. The van der Waals surface area contributed by atoms with Gasteiger partial charge in [-0.2, -0.15) is 4.31 Å². The van der Waals surface area contributed by atoms with Crippen LogP contribution in [0.15, 0.2) is 29.7 Å². The maximum absolute atomic E-state index is 12.5. The standard InChI is InChI=1S/C14H18ClNO4S/c1-10(11(2)17)12-6-5-7-13(14(12)15)21(18,19)16(3)8-9-20-4/h5-7H,1,8-9H2,2-4H3. The zero-order valence-corrected chi connectivity index (χ0v) is 13.8. The van der Waals surface area contributed by atoms with Crippen molar-refractivity contribution < 1.29 is 17.9 Å². The van der Waals surface area contributed by atoms with Crippen LogP contribution in [0, 0.1) is 0 Å². The molecule has 5 nitrogen and oxygen atoms in total. The highest BCUT2D eigenvalue weighted by atomic mass is 35.5. The van der Waals surface area contributed by atoms with Crippen molar-refractivity contribution in [3.05, 3.63) is 35.4 Å². The maximum atomic E-state index is 12.5. The van der Waals surface area contributed by atoms with E-state index in [9.17, 15) is 13.2 Å².